The van der Waals surface area contributed by atoms with Crippen molar-refractivity contribution in [3.8, 4) is 0 Å². The first kappa shape index (κ1) is 22.2. The molecule has 0 saturated heterocycles. The monoisotopic (exact) mass is 419 g/mol. The molecule has 0 unspecified atom stereocenters. The largest absolute Gasteiger partial charge is 0.465 e. The normalized spacial score (nSPS) is 10.9. The Morgan fingerprint density at radius 2 is 1.69 bits per heavy atom. The third-order valence-electron chi connectivity index (χ3n) is 4.17. The molecule has 0 atom stereocenters. The minimum Gasteiger partial charge on any atom is -0.465 e. The molecule has 0 aliphatic heterocycles. The van der Waals surface area contributed by atoms with Crippen LogP contribution in [-0.2, 0) is 21.3 Å². The summed E-state index contributed by atoms with van der Waals surface area (Å²) >= 11 is 0. The van der Waals surface area contributed by atoms with Gasteiger partial charge >= 0.3 is 5.97 Å². The predicted molar refractivity (Wildman–Crippen MR) is 113 cm³/mol. The number of benzene rings is 2. The van der Waals surface area contributed by atoms with Crippen molar-refractivity contribution in [2.24, 2.45) is 0 Å². The molecule has 0 aliphatic rings. The van der Waals surface area contributed by atoms with E-state index < -0.39 is 16.0 Å². The Morgan fingerprint density at radius 1 is 1.03 bits per heavy atom. The van der Waals surface area contributed by atoms with Crippen LogP contribution >= 0.6 is 0 Å². The van der Waals surface area contributed by atoms with Crippen molar-refractivity contribution in [3.05, 3.63) is 59.2 Å². The lowest BCUT2D eigenvalue weighted by Gasteiger charge is -2.13. The SMILES string of the molecule is CCS(=O)(=O)Nc1cc(CNC(=O)c2ccc(N(C)C)cc2)cc(C(=O)OC)c1. The Hall–Kier alpha value is -3.07. The van der Waals surface area contributed by atoms with E-state index in [1.165, 1.54) is 20.1 Å². The molecule has 0 aromatic heterocycles. The van der Waals surface area contributed by atoms with Gasteiger partial charge in [-0.25, -0.2) is 13.2 Å². The number of methoxy groups -OCH3 is 1. The zero-order chi connectivity index (χ0) is 21.6. The van der Waals surface area contributed by atoms with Gasteiger partial charge in [0.05, 0.1) is 18.4 Å². The molecule has 0 radical (unpaired) electrons. The molecule has 8 nitrogen and oxygen atoms in total. The molecule has 156 valence electrons. The first-order chi connectivity index (χ1) is 13.6. The van der Waals surface area contributed by atoms with Crippen molar-refractivity contribution in [1.82, 2.24) is 5.32 Å². The van der Waals surface area contributed by atoms with Crippen LogP contribution in [0.25, 0.3) is 0 Å². The average Bonchev–Trinajstić information content (AvgIpc) is 2.70. The van der Waals surface area contributed by atoms with E-state index in [9.17, 15) is 18.0 Å². The van der Waals surface area contributed by atoms with Gasteiger partial charge in [-0.2, -0.15) is 0 Å². The Kier molecular flexibility index (Phi) is 7.22. The van der Waals surface area contributed by atoms with Gasteiger partial charge in [0.1, 0.15) is 0 Å². The van der Waals surface area contributed by atoms with E-state index in [4.69, 9.17) is 4.74 Å². The van der Waals surface area contributed by atoms with E-state index in [0.29, 0.717) is 11.1 Å². The maximum Gasteiger partial charge on any atom is 0.337 e. The number of sulfonamides is 1. The van der Waals surface area contributed by atoms with Crippen LogP contribution in [0.15, 0.2) is 42.5 Å². The highest BCUT2D eigenvalue weighted by Gasteiger charge is 2.14. The number of anilines is 2. The second kappa shape index (κ2) is 9.42. The van der Waals surface area contributed by atoms with Crippen molar-refractivity contribution < 1.29 is 22.7 Å². The zero-order valence-corrected chi connectivity index (χ0v) is 17.7. The third-order valence-corrected chi connectivity index (χ3v) is 5.47. The summed E-state index contributed by atoms with van der Waals surface area (Å²) in [5.41, 5.74) is 2.43. The standard InChI is InChI=1S/C20H25N3O5S/c1-5-29(26,27)22-17-11-14(10-16(12-17)20(25)28-4)13-21-19(24)15-6-8-18(9-7-15)23(2)3/h6-12,22H,5,13H2,1-4H3,(H,21,24). The molecular weight excluding hydrogens is 394 g/mol. The highest BCUT2D eigenvalue weighted by molar-refractivity contribution is 7.92. The fourth-order valence-corrected chi connectivity index (χ4v) is 3.16. The van der Waals surface area contributed by atoms with Crippen molar-refractivity contribution in [1.29, 1.82) is 0 Å². The summed E-state index contributed by atoms with van der Waals surface area (Å²) < 4.78 is 30.8. The summed E-state index contributed by atoms with van der Waals surface area (Å²) in [6.45, 7) is 1.62. The number of hydrogen-bond donors (Lipinski definition) is 2. The Morgan fingerprint density at radius 3 is 2.24 bits per heavy atom. The number of carbonyl (C=O) groups is 2. The number of amides is 1. The van der Waals surface area contributed by atoms with Crippen molar-refractivity contribution in [3.63, 3.8) is 0 Å². The molecule has 0 spiro atoms. The molecule has 0 heterocycles. The quantitative estimate of drug-likeness (QED) is 0.636. The molecule has 0 saturated carbocycles. The Labute approximate surface area is 170 Å². The molecule has 2 aromatic rings. The maximum absolute atomic E-state index is 12.4. The molecule has 9 heteroatoms. The van der Waals surface area contributed by atoms with Gasteiger partial charge in [-0.1, -0.05) is 0 Å². The summed E-state index contributed by atoms with van der Waals surface area (Å²) in [5, 5.41) is 2.77. The molecule has 0 fully saturated rings. The predicted octanol–water partition coefficient (Wildman–Crippen LogP) is 2.23. The maximum atomic E-state index is 12.4. The molecule has 2 rings (SSSR count). The molecule has 2 N–H and O–H groups in total. The van der Waals surface area contributed by atoms with Crippen LogP contribution in [0, 0.1) is 0 Å². The van der Waals surface area contributed by atoms with E-state index in [1.807, 2.05) is 31.1 Å². The number of carbonyl (C=O) groups excluding carboxylic acids is 2. The van der Waals surface area contributed by atoms with Crippen LogP contribution in [-0.4, -0.2) is 47.3 Å². The second-order valence-electron chi connectivity index (χ2n) is 6.54. The van der Waals surface area contributed by atoms with Gasteiger partial charge in [0.25, 0.3) is 5.91 Å². The minimum atomic E-state index is -3.52. The molecule has 0 bridgehead atoms. The van der Waals surface area contributed by atoms with Crippen LogP contribution in [0.2, 0.25) is 0 Å². The first-order valence-corrected chi connectivity index (χ1v) is 10.6. The third kappa shape index (κ3) is 6.21. The highest BCUT2D eigenvalue weighted by Crippen LogP contribution is 2.18. The number of nitrogens with zero attached hydrogens (tertiary/aromatic N) is 1. The Bertz CT molecular complexity index is 986. The fourth-order valence-electron chi connectivity index (χ4n) is 2.54. The number of ether oxygens (including phenoxy) is 1. The van der Waals surface area contributed by atoms with E-state index >= 15 is 0 Å². The van der Waals surface area contributed by atoms with Crippen LogP contribution in [0.3, 0.4) is 0 Å². The van der Waals surface area contributed by atoms with E-state index in [2.05, 4.69) is 10.0 Å². The summed E-state index contributed by atoms with van der Waals surface area (Å²) in [7, 11) is 1.54. The smallest absolute Gasteiger partial charge is 0.337 e. The van der Waals surface area contributed by atoms with E-state index in [-0.39, 0.29) is 29.5 Å². The van der Waals surface area contributed by atoms with Crippen LogP contribution in [0.1, 0.15) is 33.2 Å². The fraction of sp³-hybridized carbons (Fsp3) is 0.300. The lowest BCUT2D eigenvalue weighted by Crippen LogP contribution is -2.23. The van der Waals surface area contributed by atoms with Gasteiger partial charge in [0.15, 0.2) is 0 Å². The van der Waals surface area contributed by atoms with Gasteiger partial charge in [-0.3, -0.25) is 9.52 Å². The second-order valence-corrected chi connectivity index (χ2v) is 8.55. The van der Waals surface area contributed by atoms with Crippen molar-refractivity contribution >= 4 is 33.3 Å². The molecular formula is C20H25N3O5S. The number of rotatable bonds is 8. The van der Waals surface area contributed by atoms with Gasteiger partial charge in [-0.15, -0.1) is 0 Å². The lowest BCUT2D eigenvalue weighted by molar-refractivity contribution is 0.0600. The molecule has 1 amide bonds. The van der Waals surface area contributed by atoms with Crippen molar-refractivity contribution in [2.75, 3.05) is 36.6 Å². The zero-order valence-electron chi connectivity index (χ0n) is 16.9. The average molecular weight is 420 g/mol. The van der Waals surface area contributed by atoms with Gasteiger partial charge in [0, 0.05) is 37.6 Å². The summed E-state index contributed by atoms with van der Waals surface area (Å²) in [5.74, 6) is -0.992. The summed E-state index contributed by atoms with van der Waals surface area (Å²) in [6.07, 6.45) is 0. The van der Waals surface area contributed by atoms with Gasteiger partial charge < -0.3 is 15.0 Å². The Balaban J connectivity index is 2.19. The van der Waals surface area contributed by atoms with E-state index in [0.717, 1.165) is 5.69 Å². The highest BCUT2D eigenvalue weighted by atomic mass is 32.2. The molecule has 0 aliphatic carbocycles. The molecule has 29 heavy (non-hydrogen) atoms. The molecule has 2 aromatic carbocycles. The number of esters is 1. The summed E-state index contributed by atoms with van der Waals surface area (Å²) in [4.78, 5) is 26.2. The minimum absolute atomic E-state index is 0.107. The van der Waals surface area contributed by atoms with Gasteiger partial charge in [0.2, 0.25) is 10.0 Å². The summed E-state index contributed by atoms with van der Waals surface area (Å²) in [6, 6.07) is 11.6. The number of nitrogens with one attached hydrogen (secondary N) is 2. The van der Waals surface area contributed by atoms with Crippen molar-refractivity contribution in [2.45, 2.75) is 13.5 Å². The van der Waals surface area contributed by atoms with Crippen LogP contribution in [0.4, 0.5) is 11.4 Å². The number of hydrogen-bond acceptors (Lipinski definition) is 6. The topological polar surface area (TPSA) is 105 Å². The van der Waals surface area contributed by atoms with Crippen LogP contribution in [0.5, 0.6) is 0 Å². The lowest BCUT2D eigenvalue weighted by atomic mass is 10.1. The first-order valence-electron chi connectivity index (χ1n) is 8.93. The van der Waals surface area contributed by atoms with Gasteiger partial charge in [-0.05, 0) is 55.0 Å². The van der Waals surface area contributed by atoms with E-state index in [1.54, 1.807) is 24.3 Å². The van der Waals surface area contributed by atoms with Crippen LogP contribution < -0.4 is 14.9 Å².